The minimum absolute atomic E-state index is 0.0248. The van der Waals surface area contributed by atoms with E-state index in [9.17, 15) is 14.9 Å². The van der Waals surface area contributed by atoms with E-state index >= 15 is 0 Å². The number of carbonyl (C=O) groups is 1. The Bertz CT molecular complexity index is 729. The van der Waals surface area contributed by atoms with Crippen LogP contribution < -0.4 is 4.90 Å². The van der Waals surface area contributed by atoms with Gasteiger partial charge < -0.3 is 4.90 Å². The average molecular weight is 315 g/mol. The Morgan fingerprint density at radius 1 is 1.48 bits per heavy atom. The summed E-state index contributed by atoms with van der Waals surface area (Å²) in [4.78, 5) is 28.4. The van der Waals surface area contributed by atoms with E-state index in [-0.39, 0.29) is 17.5 Å². The molecule has 0 N–H and O–H groups in total. The number of Topliss-reactive ketones (excluding diaryl/α,β-unsaturated/α-hetero) is 1. The first-order valence-corrected chi connectivity index (χ1v) is 7.44. The number of anilines is 1. The number of rotatable bonds is 5. The maximum absolute atomic E-state index is 11.5. The Kier molecular flexibility index (Phi) is 4.05. The van der Waals surface area contributed by atoms with Crippen molar-refractivity contribution in [2.75, 3.05) is 11.4 Å². The SMILES string of the molecule is CC(=O)c1ccc(N2CCCC2Cn2cncn2)c([N+](=O)[O-])c1. The Hall–Kier alpha value is -2.77. The number of hydrogen-bond acceptors (Lipinski definition) is 6. The lowest BCUT2D eigenvalue weighted by Gasteiger charge is -2.26. The van der Waals surface area contributed by atoms with Crippen LogP contribution in [0.2, 0.25) is 0 Å². The lowest BCUT2D eigenvalue weighted by Crippen LogP contribution is -2.33. The van der Waals surface area contributed by atoms with Gasteiger partial charge in [0, 0.05) is 24.2 Å². The van der Waals surface area contributed by atoms with Crippen molar-refractivity contribution < 1.29 is 9.72 Å². The highest BCUT2D eigenvalue weighted by atomic mass is 16.6. The van der Waals surface area contributed by atoms with Crippen LogP contribution in [-0.2, 0) is 6.54 Å². The van der Waals surface area contributed by atoms with Gasteiger partial charge in [0.25, 0.3) is 5.69 Å². The molecular weight excluding hydrogens is 298 g/mol. The molecule has 2 heterocycles. The summed E-state index contributed by atoms with van der Waals surface area (Å²) in [6.45, 7) is 2.79. The van der Waals surface area contributed by atoms with E-state index in [2.05, 4.69) is 10.1 Å². The maximum Gasteiger partial charge on any atom is 0.293 e. The van der Waals surface area contributed by atoms with Crippen LogP contribution in [0.5, 0.6) is 0 Å². The predicted molar refractivity (Wildman–Crippen MR) is 83.5 cm³/mol. The molecule has 1 unspecified atom stereocenters. The van der Waals surface area contributed by atoms with Crippen LogP contribution in [0.1, 0.15) is 30.1 Å². The first-order valence-electron chi connectivity index (χ1n) is 7.44. The molecule has 1 fully saturated rings. The standard InChI is InChI=1S/C15H17N5O3/c1-11(21)12-4-5-14(15(7-12)20(22)23)19-6-2-3-13(19)8-18-10-16-9-17-18/h4-5,7,9-10,13H,2-3,6,8H2,1H3. The highest BCUT2D eigenvalue weighted by Crippen LogP contribution is 2.34. The zero-order valence-electron chi connectivity index (χ0n) is 12.8. The third-order valence-corrected chi connectivity index (χ3v) is 4.13. The van der Waals surface area contributed by atoms with Crippen molar-refractivity contribution >= 4 is 17.2 Å². The fraction of sp³-hybridized carbons (Fsp3) is 0.400. The monoisotopic (exact) mass is 315 g/mol. The van der Waals surface area contributed by atoms with Crippen molar-refractivity contribution in [2.24, 2.45) is 0 Å². The number of nitro benzene ring substituents is 1. The van der Waals surface area contributed by atoms with Crippen LogP contribution in [-0.4, -0.2) is 38.1 Å². The number of hydrogen-bond donors (Lipinski definition) is 0. The molecule has 0 aliphatic carbocycles. The van der Waals surface area contributed by atoms with Gasteiger partial charge in [0.05, 0.1) is 11.5 Å². The van der Waals surface area contributed by atoms with E-state index in [1.807, 2.05) is 4.90 Å². The lowest BCUT2D eigenvalue weighted by atomic mass is 10.1. The minimum atomic E-state index is -0.424. The highest BCUT2D eigenvalue weighted by Gasteiger charge is 2.30. The van der Waals surface area contributed by atoms with Crippen LogP contribution in [0.4, 0.5) is 11.4 Å². The topological polar surface area (TPSA) is 94.2 Å². The van der Waals surface area contributed by atoms with Crippen LogP contribution in [0, 0.1) is 10.1 Å². The molecule has 1 atom stereocenters. The second kappa shape index (κ2) is 6.15. The lowest BCUT2D eigenvalue weighted by molar-refractivity contribution is -0.384. The molecule has 0 bridgehead atoms. The fourth-order valence-corrected chi connectivity index (χ4v) is 3.02. The van der Waals surface area contributed by atoms with E-state index in [0.717, 1.165) is 19.4 Å². The zero-order valence-corrected chi connectivity index (χ0v) is 12.8. The molecule has 1 aromatic heterocycles. The first-order chi connectivity index (χ1) is 11.1. The quantitative estimate of drug-likeness (QED) is 0.476. The average Bonchev–Trinajstić information content (AvgIpc) is 3.18. The van der Waals surface area contributed by atoms with Crippen LogP contribution >= 0.6 is 0 Å². The summed E-state index contributed by atoms with van der Waals surface area (Å²) in [5.74, 6) is -0.180. The molecule has 1 saturated heterocycles. The van der Waals surface area contributed by atoms with Crippen molar-refractivity contribution in [1.82, 2.24) is 14.8 Å². The number of nitro groups is 1. The van der Waals surface area contributed by atoms with Crippen molar-refractivity contribution in [3.8, 4) is 0 Å². The number of ketones is 1. The van der Waals surface area contributed by atoms with Gasteiger partial charge >= 0.3 is 0 Å². The number of carbonyl (C=O) groups excluding carboxylic acids is 1. The Morgan fingerprint density at radius 2 is 2.30 bits per heavy atom. The maximum atomic E-state index is 11.5. The molecule has 0 saturated carbocycles. The van der Waals surface area contributed by atoms with Gasteiger partial charge in [-0.25, -0.2) is 4.98 Å². The molecule has 8 nitrogen and oxygen atoms in total. The summed E-state index contributed by atoms with van der Waals surface area (Å²) in [7, 11) is 0. The summed E-state index contributed by atoms with van der Waals surface area (Å²) in [6, 6.07) is 4.81. The van der Waals surface area contributed by atoms with Gasteiger partial charge in [-0.15, -0.1) is 0 Å². The largest absolute Gasteiger partial charge is 0.361 e. The predicted octanol–water partition coefficient (Wildman–Crippen LogP) is 2.06. The number of aromatic nitrogens is 3. The summed E-state index contributed by atoms with van der Waals surface area (Å²) >= 11 is 0. The Balaban J connectivity index is 1.92. The fourth-order valence-electron chi connectivity index (χ4n) is 3.02. The summed E-state index contributed by atoms with van der Waals surface area (Å²) in [5, 5.41) is 15.5. The third-order valence-electron chi connectivity index (χ3n) is 4.13. The van der Waals surface area contributed by atoms with Gasteiger partial charge in [-0.1, -0.05) is 0 Å². The van der Waals surface area contributed by atoms with Gasteiger partial charge in [0.2, 0.25) is 0 Å². The highest BCUT2D eigenvalue weighted by molar-refractivity contribution is 5.95. The molecule has 23 heavy (non-hydrogen) atoms. The number of benzene rings is 1. The van der Waals surface area contributed by atoms with E-state index < -0.39 is 4.92 Å². The second-order valence-corrected chi connectivity index (χ2v) is 5.62. The van der Waals surface area contributed by atoms with Crippen LogP contribution in [0.3, 0.4) is 0 Å². The molecule has 0 amide bonds. The van der Waals surface area contributed by atoms with Crippen LogP contribution in [0.25, 0.3) is 0 Å². The molecule has 8 heteroatoms. The van der Waals surface area contributed by atoms with Crippen molar-refractivity contribution in [3.63, 3.8) is 0 Å². The summed E-state index contributed by atoms with van der Waals surface area (Å²) in [5.41, 5.74) is 0.887. The van der Waals surface area contributed by atoms with Gasteiger partial charge in [-0.3, -0.25) is 19.6 Å². The first kappa shape index (κ1) is 15.1. The van der Waals surface area contributed by atoms with Crippen molar-refractivity contribution in [2.45, 2.75) is 32.4 Å². The van der Waals surface area contributed by atoms with Gasteiger partial charge in [0.15, 0.2) is 5.78 Å². The molecule has 0 radical (unpaired) electrons. The van der Waals surface area contributed by atoms with Gasteiger partial charge in [-0.05, 0) is 31.9 Å². The minimum Gasteiger partial charge on any atom is -0.361 e. The van der Waals surface area contributed by atoms with Crippen molar-refractivity contribution in [1.29, 1.82) is 0 Å². The molecule has 1 aromatic carbocycles. The number of nitrogens with zero attached hydrogens (tertiary/aromatic N) is 5. The van der Waals surface area contributed by atoms with E-state index in [1.165, 1.54) is 19.3 Å². The molecule has 2 aromatic rings. The summed E-state index contributed by atoms with van der Waals surface area (Å²) in [6.07, 6.45) is 5.02. The van der Waals surface area contributed by atoms with Gasteiger partial charge in [-0.2, -0.15) is 5.10 Å². The molecule has 0 spiro atoms. The second-order valence-electron chi connectivity index (χ2n) is 5.62. The third kappa shape index (κ3) is 3.05. The summed E-state index contributed by atoms with van der Waals surface area (Å²) < 4.78 is 1.73. The van der Waals surface area contributed by atoms with E-state index in [1.54, 1.807) is 23.1 Å². The normalized spacial score (nSPS) is 17.4. The Morgan fingerprint density at radius 3 is 2.96 bits per heavy atom. The molecular formula is C15H17N5O3. The molecule has 120 valence electrons. The zero-order chi connectivity index (χ0) is 16.4. The molecule has 3 rings (SSSR count). The van der Waals surface area contributed by atoms with Gasteiger partial charge in [0.1, 0.15) is 18.3 Å². The molecule has 1 aliphatic rings. The van der Waals surface area contributed by atoms with E-state index in [4.69, 9.17) is 0 Å². The van der Waals surface area contributed by atoms with Crippen LogP contribution in [0.15, 0.2) is 30.9 Å². The Labute approximate surface area is 132 Å². The van der Waals surface area contributed by atoms with Crippen molar-refractivity contribution in [3.05, 3.63) is 46.5 Å². The molecule has 1 aliphatic heterocycles. The van der Waals surface area contributed by atoms with E-state index in [0.29, 0.717) is 17.8 Å². The smallest absolute Gasteiger partial charge is 0.293 e.